The van der Waals surface area contributed by atoms with Crippen LogP contribution in [-0.2, 0) is 11.4 Å². The van der Waals surface area contributed by atoms with Crippen LogP contribution in [0.25, 0.3) is 21.9 Å². The summed E-state index contributed by atoms with van der Waals surface area (Å²) >= 11 is 0. The lowest BCUT2D eigenvalue weighted by atomic mass is 10.1. The van der Waals surface area contributed by atoms with E-state index in [-0.39, 0.29) is 5.76 Å². The number of unbranched alkanes of at least 4 members (excludes halogenated alkanes) is 1. The number of H-pyrrole nitrogens is 1. The predicted molar refractivity (Wildman–Crippen MR) is 150 cm³/mol. The number of nitrogens with zero attached hydrogens (tertiary/aromatic N) is 3. The van der Waals surface area contributed by atoms with Gasteiger partial charge in [-0.1, -0.05) is 27.7 Å². The molecule has 0 bridgehead atoms. The number of fused-ring (bicyclic) bond motifs is 2. The molecule has 3 heterocycles. The van der Waals surface area contributed by atoms with E-state index in [1.54, 1.807) is 6.07 Å². The fraction of sp³-hybridized carbons (Fsp3) is 0.400. The monoisotopic (exact) mass is 520 g/mol. The van der Waals surface area contributed by atoms with Crippen LogP contribution in [0, 0.1) is 11.3 Å². The summed E-state index contributed by atoms with van der Waals surface area (Å²) in [6, 6.07) is 15.2. The van der Waals surface area contributed by atoms with Crippen molar-refractivity contribution in [2.24, 2.45) is 0 Å². The van der Waals surface area contributed by atoms with Gasteiger partial charge in [-0.05, 0) is 73.8 Å². The summed E-state index contributed by atoms with van der Waals surface area (Å²) < 4.78 is 17.5. The zero-order valence-electron chi connectivity index (χ0n) is 22.7. The molecule has 0 unspecified atom stereocenters. The number of aromatic amines is 1. The second kappa shape index (κ2) is 14.2. The Labute approximate surface area is 223 Å². The Morgan fingerprint density at radius 3 is 2.53 bits per heavy atom. The van der Waals surface area contributed by atoms with Gasteiger partial charge < -0.3 is 14.3 Å². The van der Waals surface area contributed by atoms with Crippen molar-refractivity contribution in [3.05, 3.63) is 65.5 Å². The maximum Gasteiger partial charge on any atom is 0.414 e. The number of carbonyl (C=O) groups is 1. The lowest BCUT2D eigenvalue weighted by Crippen LogP contribution is -2.46. The summed E-state index contributed by atoms with van der Waals surface area (Å²) in [4.78, 5) is 22.7. The molecule has 1 N–H and O–H groups in total. The van der Waals surface area contributed by atoms with E-state index in [0.29, 0.717) is 11.1 Å². The van der Waals surface area contributed by atoms with Crippen LogP contribution in [0.15, 0.2) is 53.1 Å². The van der Waals surface area contributed by atoms with Gasteiger partial charge in [-0.3, -0.25) is 4.90 Å². The maximum absolute atomic E-state index is 12.1. The van der Waals surface area contributed by atoms with Crippen LogP contribution in [0.1, 0.15) is 62.2 Å². The Balaban J connectivity index is 0.000000956. The Kier molecular flexibility index (Phi) is 10.7. The van der Waals surface area contributed by atoms with E-state index in [9.17, 15) is 9.32 Å². The van der Waals surface area contributed by atoms with Crippen LogP contribution in [0.4, 0.5) is 10.2 Å². The van der Waals surface area contributed by atoms with E-state index in [1.807, 2.05) is 58.0 Å². The van der Waals surface area contributed by atoms with E-state index >= 15 is 0 Å². The Morgan fingerprint density at radius 2 is 1.82 bits per heavy atom. The summed E-state index contributed by atoms with van der Waals surface area (Å²) in [5.41, 5.74) is 4.64. The average molecular weight is 521 g/mol. The SMILES string of the molecule is CC.CC.N#Cc1ccc2[nH]cc(CCCCN3CCN(c4ccc5oc(C(=O)OF)cc5c4)CC3)c2c1. The molecule has 1 saturated heterocycles. The minimum Gasteiger partial charge on any atom is -0.449 e. The molecule has 1 fully saturated rings. The van der Waals surface area contributed by atoms with E-state index < -0.39 is 5.97 Å². The fourth-order valence-electron chi connectivity index (χ4n) is 4.70. The fourth-order valence-corrected chi connectivity index (χ4v) is 4.70. The third kappa shape index (κ3) is 6.73. The van der Waals surface area contributed by atoms with E-state index in [2.05, 4.69) is 32.0 Å². The van der Waals surface area contributed by atoms with Crippen LogP contribution < -0.4 is 4.90 Å². The first-order valence-electron chi connectivity index (χ1n) is 13.5. The normalized spacial score (nSPS) is 13.3. The number of benzene rings is 2. The maximum atomic E-state index is 12.1. The Morgan fingerprint density at radius 1 is 1.05 bits per heavy atom. The van der Waals surface area contributed by atoms with Gasteiger partial charge in [0.1, 0.15) is 5.58 Å². The number of aromatic nitrogens is 1. The van der Waals surface area contributed by atoms with Crippen molar-refractivity contribution in [2.45, 2.75) is 47.0 Å². The highest BCUT2D eigenvalue weighted by atomic mass is 19.3. The zero-order valence-corrected chi connectivity index (χ0v) is 22.7. The molecule has 2 aromatic heterocycles. The molecular formula is C30H37FN4O3. The molecule has 7 nitrogen and oxygen atoms in total. The van der Waals surface area contributed by atoms with Gasteiger partial charge in [-0.25, -0.2) is 9.74 Å². The zero-order chi connectivity index (χ0) is 27.5. The standard InChI is InChI=1S/C26H25FN4O3.2C2H6/c27-34-26(32)25-15-20-14-21(5-7-24(20)33-25)31-11-9-30(10-12-31)8-2-1-3-19-17-29-23-6-4-18(16-28)13-22(19)23;2*1-2/h4-7,13-15,17,29H,1-3,8-12H2;2*1-2H3. The number of furan rings is 1. The Bertz CT molecular complexity index is 1360. The summed E-state index contributed by atoms with van der Waals surface area (Å²) in [5, 5.41) is 11.0. The molecule has 4 aromatic rings. The number of hydrogen-bond acceptors (Lipinski definition) is 6. The molecule has 0 spiro atoms. The van der Waals surface area contributed by atoms with E-state index in [1.165, 1.54) is 11.6 Å². The van der Waals surface area contributed by atoms with Gasteiger partial charge >= 0.3 is 5.97 Å². The summed E-state index contributed by atoms with van der Waals surface area (Å²) in [6.45, 7) is 12.9. The highest BCUT2D eigenvalue weighted by Crippen LogP contribution is 2.27. The van der Waals surface area contributed by atoms with Crippen molar-refractivity contribution in [3.8, 4) is 6.07 Å². The number of rotatable bonds is 7. The molecule has 5 rings (SSSR count). The minimum absolute atomic E-state index is 0.141. The summed E-state index contributed by atoms with van der Waals surface area (Å²) in [5.74, 6) is -1.26. The molecule has 0 saturated carbocycles. The largest absolute Gasteiger partial charge is 0.449 e. The molecule has 2 aromatic carbocycles. The van der Waals surface area contributed by atoms with Crippen LogP contribution in [0.2, 0.25) is 0 Å². The third-order valence-corrected chi connectivity index (χ3v) is 6.58. The second-order valence-electron chi connectivity index (χ2n) is 8.67. The topological polar surface area (TPSA) is 85.5 Å². The quantitative estimate of drug-likeness (QED) is 0.264. The van der Waals surface area contributed by atoms with Crippen molar-refractivity contribution in [3.63, 3.8) is 0 Å². The lowest BCUT2D eigenvalue weighted by Gasteiger charge is -2.36. The molecule has 0 atom stereocenters. The highest BCUT2D eigenvalue weighted by molar-refractivity contribution is 5.93. The number of nitrogens with one attached hydrogen (secondary N) is 1. The molecular weight excluding hydrogens is 483 g/mol. The van der Waals surface area contributed by atoms with Gasteiger partial charge in [-0.15, -0.1) is 0 Å². The first-order valence-corrected chi connectivity index (χ1v) is 13.5. The molecule has 0 amide bonds. The number of nitriles is 1. The second-order valence-corrected chi connectivity index (χ2v) is 8.67. The van der Waals surface area contributed by atoms with E-state index in [0.717, 1.165) is 74.0 Å². The van der Waals surface area contributed by atoms with Crippen LogP contribution in [0.5, 0.6) is 0 Å². The van der Waals surface area contributed by atoms with Crippen LogP contribution >= 0.6 is 0 Å². The smallest absolute Gasteiger partial charge is 0.414 e. The molecule has 1 aliphatic heterocycles. The molecule has 1 aliphatic rings. The number of halogens is 1. The van der Waals surface area contributed by atoms with Crippen LogP contribution in [-0.4, -0.2) is 48.6 Å². The predicted octanol–water partition coefficient (Wildman–Crippen LogP) is 7.02. The van der Waals surface area contributed by atoms with Crippen molar-refractivity contribution in [2.75, 3.05) is 37.6 Å². The number of piperazine rings is 1. The number of hydrogen-bond donors (Lipinski definition) is 1. The molecule has 0 radical (unpaired) electrons. The van der Waals surface area contributed by atoms with Gasteiger partial charge in [0, 0.05) is 58.9 Å². The highest BCUT2D eigenvalue weighted by Gasteiger charge is 2.19. The number of carbonyl (C=O) groups excluding carboxylic acids is 1. The van der Waals surface area contributed by atoms with E-state index in [4.69, 9.17) is 9.68 Å². The third-order valence-electron chi connectivity index (χ3n) is 6.58. The van der Waals surface area contributed by atoms with Crippen LogP contribution in [0.3, 0.4) is 0 Å². The molecule has 0 aliphatic carbocycles. The van der Waals surface area contributed by atoms with Gasteiger partial charge in [-0.2, -0.15) is 5.26 Å². The van der Waals surface area contributed by atoms with Crippen molar-refractivity contribution in [1.82, 2.24) is 9.88 Å². The van der Waals surface area contributed by atoms with Gasteiger partial charge in [0.25, 0.3) is 0 Å². The first kappa shape index (κ1) is 28.7. The molecule has 38 heavy (non-hydrogen) atoms. The average Bonchev–Trinajstić information content (AvgIpc) is 3.60. The summed E-state index contributed by atoms with van der Waals surface area (Å²) in [6.07, 6.45) is 5.28. The molecule has 8 heteroatoms. The van der Waals surface area contributed by atoms with Crippen molar-refractivity contribution >= 4 is 33.5 Å². The first-order chi connectivity index (χ1) is 18.6. The van der Waals surface area contributed by atoms with Gasteiger partial charge in [0.15, 0.2) is 0 Å². The number of anilines is 1. The molecule has 202 valence electrons. The van der Waals surface area contributed by atoms with Gasteiger partial charge in [0.05, 0.1) is 11.6 Å². The summed E-state index contributed by atoms with van der Waals surface area (Å²) in [7, 11) is 0. The Hall–Kier alpha value is -3.83. The van der Waals surface area contributed by atoms with Gasteiger partial charge in [0.2, 0.25) is 5.76 Å². The minimum atomic E-state index is -1.12. The van der Waals surface area contributed by atoms with Crippen molar-refractivity contribution in [1.29, 1.82) is 5.26 Å². The number of aryl methyl sites for hydroxylation is 1. The lowest BCUT2D eigenvalue weighted by molar-refractivity contribution is -0.0810. The van der Waals surface area contributed by atoms with Crippen molar-refractivity contribution < 1.29 is 18.7 Å².